The topological polar surface area (TPSA) is 220 Å². The summed E-state index contributed by atoms with van der Waals surface area (Å²) in [6.45, 7) is 6.91. The Hall–Kier alpha value is -14.1. The van der Waals surface area contributed by atoms with Gasteiger partial charge in [0.05, 0.1) is 33.5 Å². The molecule has 0 radical (unpaired) electrons. The van der Waals surface area contributed by atoms with Crippen molar-refractivity contribution in [3.8, 4) is 89.8 Å². The Bertz CT molecular complexity index is 5550. The third-order valence-electron chi connectivity index (χ3n) is 17.5. The number of aryl methyl sites for hydroxylation is 3. The zero-order chi connectivity index (χ0) is 77.3. The van der Waals surface area contributed by atoms with E-state index in [4.69, 9.17) is 41.9 Å². The van der Waals surface area contributed by atoms with Crippen LogP contribution in [0, 0.1) is 20.8 Å². The third-order valence-corrected chi connectivity index (χ3v) is 17.7. The molecule has 5 aromatic heterocycles. The number of rotatable bonds is 17. The van der Waals surface area contributed by atoms with Crippen LogP contribution >= 0.6 is 11.6 Å². The summed E-state index contributed by atoms with van der Waals surface area (Å²) in [4.78, 5) is 54.7. The summed E-state index contributed by atoms with van der Waals surface area (Å²) in [5.41, 5.74) is 19.4. The lowest BCUT2D eigenvalue weighted by Gasteiger charge is -2.16. The van der Waals surface area contributed by atoms with Gasteiger partial charge in [0.25, 0.3) is 0 Å². The molecule has 0 bridgehead atoms. The van der Waals surface area contributed by atoms with Gasteiger partial charge in [-0.2, -0.15) is 8.78 Å². The van der Waals surface area contributed by atoms with Crippen molar-refractivity contribution in [3.63, 3.8) is 0 Å². The van der Waals surface area contributed by atoms with E-state index in [1.54, 1.807) is 108 Å². The highest BCUT2D eigenvalue weighted by atomic mass is 35.5. The molecule has 15 rings (SSSR count). The van der Waals surface area contributed by atoms with Crippen LogP contribution in [0.2, 0.25) is 5.02 Å². The summed E-state index contributed by atoms with van der Waals surface area (Å²) in [5.74, 6) is -4.56. The lowest BCUT2D eigenvalue weighted by Crippen LogP contribution is -2.20. The quantitative estimate of drug-likeness (QED) is 0.0577. The maximum atomic E-state index is 13.2. The van der Waals surface area contributed by atoms with Crippen molar-refractivity contribution in [2.75, 3.05) is 0 Å². The summed E-state index contributed by atoms with van der Waals surface area (Å²) in [6.07, 6.45) is 16.3. The highest BCUT2D eigenvalue weighted by Crippen LogP contribution is 2.33. The van der Waals surface area contributed by atoms with Crippen LogP contribution in [0.25, 0.3) is 84.1 Å². The number of carboxylic acid groups (broad SMARTS) is 5. The number of alkyl halides is 2. The van der Waals surface area contributed by atoms with Crippen molar-refractivity contribution in [2.24, 2.45) is 0 Å². The van der Waals surface area contributed by atoms with Gasteiger partial charge >= 0.3 is 36.0 Å². The van der Waals surface area contributed by atoms with Gasteiger partial charge in [-0.25, -0.2) is 24.0 Å². The summed E-state index contributed by atoms with van der Waals surface area (Å²) in [7, 11) is 0. The first-order valence-electron chi connectivity index (χ1n) is 34.1. The average Bonchev–Trinajstić information content (AvgIpc) is 1.72. The molecule has 0 saturated heterocycles. The zero-order valence-electron chi connectivity index (χ0n) is 59.3. The van der Waals surface area contributed by atoms with E-state index in [0.29, 0.717) is 34.3 Å². The Morgan fingerprint density at radius 1 is 0.303 bits per heavy atom. The number of hydrogen-bond donors (Lipinski definition) is 5. The number of hydrogen-bond acceptors (Lipinski definition) is 6. The van der Waals surface area contributed by atoms with Crippen LogP contribution in [0.15, 0.2) is 335 Å². The van der Waals surface area contributed by atoms with E-state index in [2.05, 4.69) is 77.1 Å². The van der Waals surface area contributed by atoms with Crippen molar-refractivity contribution in [2.45, 2.75) is 33.8 Å². The number of halogens is 3. The average molecular weight is 1470 g/mol. The summed E-state index contributed by atoms with van der Waals surface area (Å²) < 4.78 is 41.0. The third kappa shape index (κ3) is 19.8. The molecule has 0 spiro atoms. The van der Waals surface area contributed by atoms with Crippen molar-refractivity contribution in [3.05, 3.63) is 384 Å². The molecule has 5 N–H and O–H groups in total. The molecule has 0 unspecified atom stereocenters. The summed E-state index contributed by atoms with van der Waals surface area (Å²) in [6, 6.07) is 82.6. The van der Waals surface area contributed by atoms with E-state index in [9.17, 15) is 32.8 Å². The first-order chi connectivity index (χ1) is 52.4. The predicted octanol–water partition coefficient (Wildman–Crippen LogP) is 21.8. The van der Waals surface area contributed by atoms with E-state index in [1.807, 2.05) is 175 Å². The highest BCUT2D eigenvalue weighted by molar-refractivity contribution is 6.30. The molecule has 15 aromatic rings. The van der Waals surface area contributed by atoms with E-state index in [0.717, 1.165) is 78.4 Å². The summed E-state index contributed by atoms with van der Waals surface area (Å²) >= 11 is 5.88. The molecule has 10 aromatic carbocycles. The first kappa shape index (κ1) is 76.0. The van der Waals surface area contributed by atoms with Gasteiger partial charge in [0, 0.05) is 96.7 Å². The Balaban J connectivity index is 0.000000136. The minimum absolute atomic E-state index is 0.0679. The van der Waals surface area contributed by atoms with Gasteiger partial charge in [-0.1, -0.05) is 139 Å². The predicted molar refractivity (Wildman–Crippen MR) is 421 cm³/mol. The lowest BCUT2D eigenvalue weighted by molar-refractivity contribution is -0.158. The molecular formula is C90H72ClF2N5O11. The van der Waals surface area contributed by atoms with Gasteiger partial charge in [-0.3, -0.25) is 0 Å². The Kier molecular flexibility index (Phi) is 24.2. The molecule has 109 heavy (non-hydrogen) atoms. The maximum absolute atomic E-state index is 13.2. The van der Waals surface area contributed by atoms with E-state index >= 15 is 0 Å². The first-order valence-corrected chi connectivity index (χ1v) is 34.5. The number of carbonyl (C=O) groups is 5. The van der Waals surface area contributed by atoms with Crippen molar-refractivity contribution in [1.82, 2.24) is 22.8 Å². The molecule has 0 fully saturated rings. The Labute approximate surface area is 632 Å². The van der Waals surface area contributed by atoms with Gasteiger partial charge in [0.15, 0.2) is 0 Å². The molecule has 5 heterocycles. The molecule has 19 heteroatoms. The molecule has 0 aliphatic rings. The number of aromatic nitrogens is 5. The second-order valence-electron chi connectivity index (χ2n) is 25.2. The van der Waals surface area contributed by atoms with Gasteiger partial charge in [-0.05, 0) is 239 Å². The normalized spacial score (nSPS) is 10.7. The Morgan fingerprint density at radius 2 is 0.587 bits per heavy atom. The largest absolute Gasteiger partial charge is 0.478 e. The lowest BCUT2D eigenvalue weighted by atomic mass is 10.1. The molecule has 0 atom stereocenters. The number of nitrogens with zero attached hydrogens (tertiary/aromatic N) is 5. The van der Waals surface area contributed by atoms with Crippen LogP contribution in [0.1, 0.15) is 75.4 Å². The second kappa shape index (κ2) is 34.7. The minimum atomic E-state index is -3.28. The Morgan fingerprint density at radius 3 is 0.908 bits per heavy atom. The van der Waals surface area contributed by atoms with Crippen LogP contribution in [-0.4, -0.2) is 84.3 Å². The molecular weight excluding hydrogens is 1400 g/mol. The van der Waals surface area contributed by atoms with Crippen LogP contribution < -0.4 is 4.74 Å². The van der Waals surface area contributed by atoms with Crippen LogP contribution in [-0.2, 0) is 0 Å². The van der Waals surface area contributed by atoms with E-state index in [1.165, 1.54) is 34.9 Å². The van der Waals surface area contributed by atoms with Crippen molar-refractivity contribution in [1.29, 1.82) is 0 Å². The number of carboxylic acids is 5. The van der Waals surface area contributed by atoms with Gasteiger partial charge in [-0.15, -0.1) is 0 Å². The van der Waals surface area contributed by atoms with E-state index in [-0.39, 0.29) is 16.9 Å². The van der Waals surface area contributed by atoms with Gasteiger partial charge in [0.1, 0.15) is 5.75 Å². The fraction of sp³-hybridized carbons (Fsp3) is 0.0556. The monoisotopic (exact) mass is 1470 g/mol. The molecule has 544 valence electrons. The highest BCUT2D eigenvalue weighted by Gasteiger charge is 2.25. The minimum Gasteiger partial charge on any atom is -0.478 e. The SMILES string of the molecule is CC(F)(F)Oc1ccccc1-n1ccc(-c2ccc(C(=O)O)cc2)c1.Cc1ccccc1-n1ccc(-c2ccc(C(=O)O)cc2)c1.Cc1ccccc1-n1ccc(-c2cccc(C(=O)O)c2)c1.Cc1ccccc1-n1ccc(-c2cccc(C(=O)O)c2)c1.O=C(O)c1ccc(-c2ccn(-c3ccc(Cl)cc3)c2)cc1. The zero-order valence-corrected chi connectivity index (χ0v) is 60.1. The number of aromatic carboxylic acids is 5. The van der Waals surface area contributed by atoms with E-state index < -0.39 is 36.0 Å². The van der Waals surface area contributed by atoms with Gasteiger partial charge in [0.2, 0.25) is 0 Å². The standard InChI is InChI=1S/C19H15F2NO3.3C18H15NO2.C17H12ClNO2/c1-19(20,21)25-17-5-3-2-4-16(17)22-11-10-15(12-22)13-6-8-14(9-7-13)18(23)24;2*1-13-5-2-3-8-17(13)19-10-9-16(12-19)14-6-4-7-15(11-14)18(20)21;1-13-4-2-3-5-17(13)19-11-10-16(12-19)14-6-8-15(9-7-14)18(20)21;18-15-5-7-16(8-6-15)19-10-9-14(11-19)12-1-3-13(4-2-12)17(20)21/h2-12H,1H3,(H,23,24);3*2-12H,1H3,(H,20,21);1-11H,(H,20,21). The molecule has 0 aliphatic carbocycles. The summed E-state index contributed by atoms with van der Waals surface area (Å²) in [5, 5.41) is 45.6. The van der Waals surface area contributed by atoms with Gasteiger partial charge < -0.3 is 53.1 Å². The fourth-order valence-electron chi connectivity index (χ4n) is 11.8. The second-order valence-corrected chi connectivity index (χ2v) is 25.6. The number of ether oxygens (including phenoxy) is 1. The van der Waals surface area contributed by atoms with Crippen molar-refractivity contribution >= 4 is 41.4 Å². The molecule has 0 saturated carbocycles. The van der Waals surface area contributed by atoms with Crippen LogP contribution in [0.5, 0.6) is 5.75 Å². The smallest absolute Gasteiger partial charge is 0.394 e. The van der Waals surface area contributed by atoms with Crippen LogP contribution in [0.3, 0.4) is 0 Å². The maximum Gasteiger partial charge on any atom is 0.394 e. The molecule has 0 aliphatic heterocycles. The fourth-order valence-corrected chi connectivity index (χ4v) is 11.9. The molecule has 16 nitrogen and oxygen atoms in total. The van der Waals surface area contributed by atoms with Crippen LogP contribution in [0.4, 0.5) is 8.78 Å². The van der Waals surface area contributed by atoms with Crippen molar-refractivity contribution < 1.29 is 63.0 Å². The molecule has 0 amide bonds. The number of benzene rings is 10. The number of para-hydroxylation sites is 5.